The van der Waals surface area contributed by atoms with E-state index in [9.17, 15) is 4.79 Å². The van der Waals surface area contributed by atoms with Gasteiger partial charge >= 0.3 is 0 Å². The van der Waals surface area contributed by atoms with E-state index in [-0.39, 0.29) is 5.91 Å². The van der Waals surface area contributed by atoms with Crippen LogP contribution >= 0.6 is 11.8 Å². The molecule has 1 amide bonds. The van der Waals surface area contributed by atoms with Gasteiger partial charge in [0, 0.05) is 10.6 Å². The van der Waals surface area contributed by atoms with Gasteiger partial charge in [-0.1, -0.05) is 66.7 Å². The molecule has 0 radical (unpaired) electrons. The molecule has 3 aromatic carbocycles. The van der Waals surface area contributed by atoms with E-state index in [0.717, 1.165) is 16.1 Å². The number of thioether (sulfide) groups is 1. The predicted octanol–water partition coefficient (Wildman–Crippen LogP) is 5.01. The first-order chi connectivity index (χ1) is 11.8. The van der Waals surface area contributed by atoms with Gasteiger partial charge in [0.05, 0.1) is 12.3 Å². The number of hydrogen-bond donors (Lipinski definition) is 0. The van der Waals surface area contributed by atoms with Crippen molar-refractivity contribution in [1.82, 2.24) is 0 Å². The molecule has 0 aliphatic heterocycles. The Kier molecular flexibility index (Phi) is 5.70. The van der Waals surface area contributed by atoms with Gasteiger partial charge in [0.2, 0.25) is 5.91 Å². The molecule has 2 nitrogen and oxygen atoms in total. The number of amides is 1. The largest absolute Gasteiger partial charge is 0.307 e. The summed E-state index contributed by atoms with van der Waals surface area (Å²) in [6.45, 7) is 0.582. The van der Waals surface area contributed by atoms with Crippen LogP contribution in [0.3, 0.4) is 0 Å². The first-order valence-electron chi connectivity index (χ1n) is 7.90. The minimum Gasteiger partial charge on any atom is -0.307 e. The molecule has 0 atom stereocenters. The van der Waals surface area contributed by atoms with Crippen LogP contribution in [0.25, 0.3) is 0 Å². The first kappa shape index (κ1) is 16.3. The maximum atomic E-state index is 12.8. The van der Waals surface area contributed by atoms with Crippen molar-refractivity contribution in [1.29, 1.82) is 0 Å². The molecule has 0 heterocycles. The molecule has 3 rings (SSSR count). The number of rotatable bonds is 6. The van der Waals surface area contributed by atoms with Gasteiger partial charge in [0.1, 0.15) is 0 Å². The Morgan fingerprint density at radius 1 is 0.750 bits per heavy atom. The van der Waals surface area contributed by atoms with Crippen LogP contribution in [-0.2, 0) is 11.3 Å². The highest BCUT2D eigenvalue weighted by atomic mass is 32.2. The van der Waals surface area contributed by atoms with E-state index in [1.165, 1.54) is 0 Å². The summed E-state index contributed by atoms with van der Waals surface area (Å²) >= 11 is 1.57. The highest BCUT2D eigenvalue weighted by Gasteiger charge is 2.16. The average molecular weight is 333 g/mol. The fraction of sp³-hybridized carbons (Fsp3) is 0.0952. The summed E-state index contributed by atoms with van der Waals surface area (Å²) in [5.41, 5.74) is 2.06. The van der Waals surface area contributed by atoms with Gasteiger partial charge in [0.25, 0.3) is 0 Å². The number of hydrogen-bond acceptors (Lipinski definition) is 2. The lowest BCUT2D eigenvalue weighted by molar-refractivity contribution is -0.116. The summed E-state index contributed by atoms with van der Waals surface area (Å²) < 4.78 is 0. The summed E-state index contributed by atoms with van der Waals surface area (Å²) in [5.74, 6) is 0.532. The highest BCUT2D eigenvalue weighted by Crippen LogP contribution is 2.22. The molecule has 24 heavy (non-hydrogen) atoms. The fourth-order valence-electron chi connectivity index (χ4n) is 2.44. The minimum absolute atomic E-state index is 0.110. The summed E-state index contributed by atoms with van der Waals surface area (Å²) in [5, 5.41) is 0. The fourth-order valence-corrected chi connectivity index (χ4v) is 3.23. The normalized spacial score (nSPS) is 10.3. The van der Waals surface area contributed by atoms with Crippen LogP contribution in [0.2, 0.25) is 0 Å². The standard InChI is InChI=1S/C21H19NOS/c23-21(17-24-20-14-8-3-9-15-20)22(19-12-6-2-7-13-19)16-18-10-4-1-5-11-18/h1-15H,16-17H2. The zero-order valence-electron chi connectivity index (χ0n) is 13.3. The van der Waals surface area contributed by atoms with E-state index < -0.39 is 0 Å². The summed E-state index contributed by atoms with van der Waals surface area (Å²) in [4.78, 5) is 15.8. The van der Waals surface area contributed by atoms with Gasteiger partial charge in [-0.15, -0.1) is 11.8 Å². The SMILES string of the molecule is O=C(CSc1ccccc1)N(Cc1ccccc1)c1ccccc1. The van der Waals surface area contributed by atoms with E-state index in [4.69, 9.17) is 0 Å². The second-order valence-electron chi connectivity index (χ2n) is 5.40. The van der Waals surface area contributed by atoms with Crippen LogP contribution in [0.1, 0.15) is 5.56 Å². The third kappa shape index (κ3) is 4.49. The lowest BCUT2D eigenvalue weighted by Gasteiger charge is -2.23. The Bertz CT molecular complexity index is 760. The molecular weight excluding hydrogens is 314 g/mol. The summed E-state index contributed by atoms with van der Waals surface area (Å²) in [6.07, 6.45) is 0. The van der Waals surface area contributed by atoms with E-state index in [2.05, 4.69) is 0 Å². The second-order valence-corrected chi connectivity index (χ2v) is 6.45. The van der Waals surface area contributed by atoms with Crippen molar-refractivity contribution in [2.24, 2.45) is 0 Å². The summed E-state index contributed by atoms with van der Waals surface area (Å²) in [6, 6.07) is 30.0. The number of benzene rings is 3. The Morgan fingerprint density at radius 2 is 1.29 bits per heavy atom. The van der Waals surface area contributed by atoms with Gasteiger partial charge in [-0.05, 0) is 29.8 Å². The number of nitrogens with zero attached hydrogens (tertiary/aromatic N) is 1. The van der Waals surface area contributed by atoms with E-state index >= 15 is 0 Å². The van der Waals surface area contributed by atoms with Crippen molar-refractivity contribution in [2.75, 3.05) is 10.7 Å². The molecule has 3 heteroatoms. The van der Waals surface area contributed by atoms with Crippen molar-refractivity contribution in [3.05, 3.63) is 96.6 Å². The van der Waals surface area contributed by atoms with Crippen molar-refractivity contribution >= 4 is 23.4 Å². The van der Waals surface area contributed by atoms with Crippen LogP contribution < -0.4 is 4.90 Å². The molecule has 0 fully saturated rings. The molecule has 120 valence electrons. The van der Waals surface area contributed by atoms with E-state index in [1.807, 2.05) is 95.9 Å². The Morgan fingerprint density at radius 3 is 1.92 bits per heavy atom. The molecule has 0 saturated carbocycles. The van der Waals surface area contributed by atoms with E-state index in [1.54, 1.807) is 11.8 Å². The van der Waals surface area contributed by atoms with Crippen LogP contribution in [-0.4, -0.2) is 11.7 Å². The number of carbonyl (C=O) groups is 1. The summed E-state index contributed by atoms with van der Waals surface area (Å²) in [7, 11) is 0. The molecule has 0 saturated heterocycles. The number of anilines is 1. The van der Waals surface area contributed by atoms with Crippen molar-refractivity contribution in [3.63, 3.8) is 0 Å². The molecular formula is C21H19NOS. The molecule has 0 N–H and O–H groups in total. The lowest BCUT2D eigenvalue weighted by atomic mass is 10.2. The van der Waals surface area contributed by atoms with Crippen molar-refractivity contribution in [2.45, 2.75) is 11.4 Å². The molecule has 0 aromatic heterocycles. The number of carbonyl (C=O) groups excluding carboxylic acids is 1. The van der Waals surface area contributed by atoms with Crippen LogP contribution in [0.5, 0.6) is 0 Å². The zero-order chi connectivity index (χ0) is 16.6. The van der Waals surface area contributed by atoms with Gasteiger partial charge in [-0.3, -0.25) is 4.79 Å². The molecule has 3 aromatic rings. The van der Waals surface area contributed by atoms with Gasteiger partial charge < -0.3 is 4.90 Å². The minimum atomic E-state index is 0.110. The second kappa shape index (κ2) is 8.37. The monoisotopic (exact) mass is 333 g/mol. The van der Waals surface area contributed by atoms with E-state index in [0.29, 0.717) is 12.3 Å². The van der Waals surface area contributed by atoms with Crippen molar-refractivity contribution < 1.29 is 4.79 Å². The Labute approximate surface area is 147 Å². The quantitative estimate of drug-likeness (QED) is 0.591. The maximum Gasteiger partial charge on any atom is 0.237 e. The Hall–Kier alpha value is -2.52. The molecule has 0 spiro atoms. The number of para-hydroxylation sites is 1. The topological polar surface area (TPSA) is 20.3 Å². The zero-order valence-corrected chi connectivity index (χ0v) is 14.2. The third-order valence-corrected chi connectivity index (χ3v) is 4.65. The predicted molar refractivity (Wildman–Crippen MR) is 101 cm³/mol. The van der Waals surface area contributed by atoms with Gasteiger partial charge in [-0.25, -0.2) is 0 Å². The highest BCUT2D eigenvalue weighted by molar-refractivity contribution is 8.00. The van der Waals surface area contributed by atoms with Crippen LogP contribution in [0.15, 0.2) is 95.9 Å². The van der Waals surface area contributed by atoms with Gasteiger partial charge in [0.15, 0.2) is 0 Å². The average Bonchev–Trinajstić information content (AvgIpc) is 2.66. The molecule has 0 aliphatic carbocycles. The molecule has 0 unspecified atom stereocenters. The smallest absolute Gasteiger partial charge is 0.237 e. The molecule has 0 bridgehead atoms. The van der Waals surface area contributed by atoms with Crippen LogP contribution in [0, 0.1) is 0 Å². The lowest BCUT2D eigenvalue weighted by Crippen LogP contribution is -2.31. The van der Waals surface area contributed by atoms with Gasteiger partial charge in [-0.2, -0.15) is 0 Å². The van der Waals surface area contributed by atoms with Crippen LogP contribution in [0.4, 0.5) is 5.69 Å². The maximum absolute atomic E-state index is 12.8. The third-order valence-electron chi connectivity index (χ3n) is 3.66. The Balaban J connectivity index is 1.75. The molecule has 0 aliphatic rings. The first-order valence-corrected chi connectivity index (χ1v) is 8.89. The van der Waals surface area contributed by atoms with Crippen molar-refractivity contribution in [3.8, 4) is 0 Å².